The number of benzene rings is 2. The Labute approximate surface area is 222 Å². The minimum Gasteiger partial charge on any atom is -0.497 e. The van der Waals surface area contributed by atoms with E-state index in [0.717, 1.165) is 23.8 Å². The Morgan fingerprint density at radius 1 is 1.05 bits per heavy atom. The predicted molar refractivity (Wildman–Crippen MR) is 148 cm³/mol. The molecule has 2 amide bonds. The highest BCUT2D eigenvalue weighted by molar-refractivity contribution is 7.92. The highest BCUT2D eigenvalue weighted by atomic mass is 32.2. The average Bonchev–Trinajstić information content (AvgIpc) is 2.83. The molecule has 204 valence electrons. The van der Waals surface area contributed by atoms with Crippen molar-refractivity contribution in [3.63, 3.8) is 0 Å². The second-order valence-corrected chi connectivity index (χ2v) is 12.2. The minimum absolute atomic E-state index is 0.0934. The van der Waals surface area contributed by atoms with Crippen LogP contribution in [0.15, 0.2) is 48.5 Å². The fraction of sp³-hybridized carbons (Fsp3) is 0.500. The molecule has 2 aromatic carbocycles. The van der Waals surface area contributed by atoms with Gasteiger partial charge in [0.2, 0.25) is 21.8 Å². The van der Waals surface area contributed by atoms with Crippen LogP contribution in [0.25, 0.3) is 0 Å². The van der Waals surface area contributed by atoms with Crippen LogP contribution in [0.1, 0.15) is 58.6 Å². The summed E-state index contributed by atoms with van der Waals surface area (Å²) in [5.41, 5.74) is 2.07. The van der Waals surface area contributed by atoms with Crippen LogP contribution in [0.3, 0.4) is 0 Å². The van der Waals surface area contributed by atoms with Gasteiger partial charge in [-0.2, -0.15) is 0 Å². The van der Waals surface area contributed by atoms with Gasteiger partial charge in [-0.15, -0.1) is 0 Å². The van der Waals surface area contributed by atoms with Crippen molar-refractivity contribution in [2.45, 2.75) is 72.0 Å². The standard InChI is InChI=1S/C28H41N3O5S/c1-8-22-14-16-24(17-15-22)31(37(7,34)35)18-10-13-26(32)30(21(2)27(33)29-28(3,4)5)20-23-11-9-12-25(19-23)36-6/h9,11-12,14-17,19,21H,8,10,13,18,20H2,1-7H3,(H,29,33). The molecule has 0 aliphatic carbocycles. The van der Waals surface area contributed by atoms with Gasteiger partial charge in [0.05, 0.1) is 19.1 Å². The van der Waals surface area contributed by atoms with Gasteiger partial charge in [0.15, 0.2) is 0 Å². The lowest BCUT2D eigenvalue weighted by molar-refractivity contribution is -0.141. The van der Waals surface area contributed by atoms with E-state index in [1.807, 2.05) is 64.1 Å². The van der Waals surface area contributed by atoms with Crippen LogP contribution in [-0.2, 0) is 32.6 Å². The summed E-state index contributed by atoms with van der Waals surface area (Å²) in [7, 11) is -1.96. The van der Waals surface area contributed by atoms with Crippen molar-refractivity contribution in [1.82, 2.24) is 10.2 Å². The SMILES string of the molecule is CCc1ccc(N(CCCC(=O)N(Cc2cccc(OC)c2)C(C)C(=O)NC(C)(C)C)S(C)(=O)=O)cc1. The van der Waals surface area contributed by atoms with Crippen molar-refractivity contribution in [3.05, 3.63) is 59.7 Å². The van der Waals surface area contributed by atoms with E-state index in [-0.39, 0.29) is 31.3 Å². The molecule has 2 aromatic rings. The third-order valence-electron chi connectivity index (χ3n) is 5.94. The third kappa shape index (κ3) is 9.39. The van der Waals surface area contributed by atoms with Gasteiger partial charge in [0.25, 0.3) is 0 Å². The van der Waals surface area contributed by atoms with Crippen LogP contribution in [-0.4, -0.2) is 56.6 Å². The molecule has 0 saturated heterocycles. The number of anilines is 1. The number of amides is 2. The lowest BCUT2D eigenvalue weighted by Gasteiger charge is -2.32. The van der Waals surface area contributed by atoms with E-state index in [9.17, 15) is 18.0 Å². The molecule has 0 bridgehead atoms. The Morgan fingerprint density at radius 2 is 1.70 bits per heavy atom. The molecule has 0 heterocycles. The number of aryl methyl sites for hydroxylation is 1. The van der Waals surface area contributed by atoms with Crippen LogP contribution >= 0.6 is 0 Å². The minimum atomic E-state index is -3.53. The Bertz CT molecular complexity index is 1160. The number of sulfonamides is 1. The molecule has 0 aliphatic rings. The molecular formula is C28H41N3O5S. The van der Waals surface area contributed by atoms with Crippen molar-refractivity contribution < 1.29 is 22.7 Å². The Hall–Kier alpha value is -3.07. The lowest BCUT2D eigenvalue weighted by Crippen LogP contribution is -2.52. The van der Waals surface area contributed by atoms with Gasteiger partial charge in [0, 0.05) is 25.0 Å². The van der Waals surface area contributed by atoms with E-state index in [0.29, 0.717) is 17.9 Å². The first-order valence-corrected chi connectivity index (χ1v) is 14.4. The normalized spacial score (nSPS) is 12.5. The largest absolute Gasteiger partial charge is 0.497 e. The van der Waals surface area contributed by atoms with E-state index in [1.54, 1.807) is 26.2 Å². The van der Waals surface area contributed by atoms with Gasteiger partial charge in [-0.3, -0.25) is 13.9 Å². The van der Waals surface area contributed by atoms with Crippen molar-refractivity contribution in [2.75, 3.05) is 24.2 Å². The first kappa shape index (κ1) is 30.2. The van der Waals surface area contributed by atoms with Crippen molar-refractivity contribution in [1.29, 1.82) is 0 Å². The number of ether oxygens (including phenoxy) is 1. The molecule has 1 atom stereocenters. The monoisotopic (exact) mass is 531 g/mol. The maximum Gasteiger partial charge on any atom is 0.242 e. The van der Waals surface area contributed by atoms with E-state index in [2.05, 4.69) is 5.32 Å². The number of hydrogen-bond donors (Lipinski definition) is 1. The predicted octanol–water partition coefficient (Wildman–Crippen LogP) is 4.14. The molecule has 0 saturated carbocycles. The van der Waals surface area contributed by atoms with E-state index in [1.165, 1.54) is 9.21 Å². The summed E-state index contributed by atoms with van der Waals surface area (Å²) in [6, 6.07) is 14.0. The molecule has 0 aliphatic heterocycles. The van der Waals surface area contributed by atoms with Gasteiger partial charge < -0.3 is 15.0 Å². The number of nitrogens with zero attached hydrogens (tertiary/aromatic N) is 2. The summed E-state index contributed by atoms with van der Waals surface area (Å²) < 4.78 is 31.6. The van der Waals surface area contributed by atoms with Gasteiger partial charge in [-0.1, -0.05) is 31.2 Å². The maximum atomic E-state index is 13.4. The lowest BCUT2D eigenvalue weighted by atomic mass is 10.1. The number of methoxy groups -OCH3 is 1. The Morgan fingerprint density at radius 3 is 2.24 bits per heavy atom. The van der Waals surface area contributed by atoms with E-state index in [4.69, 9.17) is 4.74 Å². The highest BCUT2D eigenvalue weighted by Gasteiger charge is 2.28. The molecule has 0 aromatic heterocycles. The zero-order valence-corrected chi connectivity index (χ0v) is 23.9. The summed E-state index contributed by atoms with van der Waals surface area (Å²) in [5.74, 6) is 0.182. The van der Waals surface area contributed by atoms with Crippen molar-refractivity contribution >= 4 is 27.5 Å². The molecule has 0 fully saturated rings. The third-order valence-corrected chi connectivity index (χ3v) is 7.13. The Kier molecular flexibility index (Phi) is 10.5. The number of rotatable bonds is 12. The summed E-state index contributed by atoms with van der Waals surface area (Å²) in [6.07, 6.45) is 2.42. The molecular weight excluding hydrogens is 490 g/mol. The number of hydrogen-bond acceptors (Lipinski definition) is 5. The second-order valence-electron chi connectivity index (χ2n) is 10.2. The molecule has 1 unspecified atom stereocenters. The zero-order chi connectivity index (χ0) is 27.8. The molecule has 2 rings (SSSR count). The first-order valence-electron chi connectivity index (χ1n) is 12.6. The highest BCUT2D eigenvalue weighted by Crippen LogP contribution is 2.21. The number of nitrogens with one attached hydrogen (secondary N) is 1. The fourth-order valence-corrected chi connectivity index (χ4v) is 4.89. The van der Waals surface area contributed by atoms with E-state index >= 15 is 0 Å². The molecule has 0 spiro atoms. The molecule has 37 heavy (non-hydrogen) atoms. The fourth-order valence-electron chi connectivity index (χ4n) is 3.93. The van der Waals surface area contributed by atoms with Crippen molar-refractivity contribution in [3.8, 4) is 5.75 Å². The summed E-state index contributed by atoms with van der Waals surface area (Å²) in [6.45, 7) is 9.79. The van der Waals surface area contributed by atoms with Crippen LogP contribution in [0.4, 0.5) is 5.69 Å². The van der Waals surface area contributed by atoms with Crippen LogP contribution in [0.2, 0.25) is 0 Å². The smallest absolute Gasteiger partial charge is 0.242 e. The van der Waals surface area contributed by atoms with Gasteiger partial charge in [0.1, 0.15) is 11.8 Å². The Balaban J connectivity index is 2.20. The quantitative estimate of drug-likeness (QED) is 0.444. The topological polar surface area (TPSA) is 96.0 Å². The molecule has 1 N–H and O–H groups in total. The number of carbonyl (C=O) groups excluding carboxylic acids is 2. The van der Waals surface area contributed by atoms with Gasteiger partial charge in [-0.25, -0.2) is 8.42 Å². The average molecular weight is 532 g/mol. The van der Waals surface area contributed by atoms with Gasteiger partial charge in [-0.05, 0) is 75.9 Å². The summed E-state index contributed by atoms with van der Waals surface area (Å²) in [5, 5.41) is 2.94. The van der Waals surface area contributed by atoms with Crippen LogP contribution in [0.5, 0.6) is 5.75 Å². The van der Waals surface area contributed by atoms with Crippen LogP contribution < -0.4 is 14.4 Å². The summed E-state index contributed by atoms with van der Waals surface area (Å²) >= 11 is 0. The molecule has 9 heteroatoms. The maximum absolute atomic E-state index is 13.4. The molecule has 8 nitrogen and oxygen atoms in total. The van der Waals surface area contributed by atoms with Crippen molar-refractivity contribution in [2.24, 2.45) is 0 Å². The second kappa shape index (κ2) is 12.9. The number of carbonyl (C=O) groups is 2. The summed E-state index contributed by atoms with van der Waals surface area (Å²) in [4.78, 5) is 27.9. The molecule has 0 radical (unpaired) electrons. The van der Waals surface area contributed by atoms with Gasteiger partial charge >= 0.3 is 0 Å². The van der Waals surface area contributed by atoms with Crippen LogP contribution in [0, 0.1) is 0 Å². The van der Waals surface area contributed by atoms with E-state index < -0.39 is 21.6 Å². The first-order chi connectivity index (χ1) is 17.2. The zero-order valence-electron chi connectivity index (χ0n) is 23.1.